The van der Waals surface area contributed by atoms with Gasteiger partial charge in [-0.2, -0.15) is 0 Å². The van der Waals surface area contributed by atoms with Crippen LogP contribution in [0.1, 0.15) is 16.1 Å². The molecule has 1 saturated heterocycles. The molecule has 1 aromatic rings. The molecule has 1 N–H and O–H groups in total. The van der Waals surface area contributed by atoms with E-state index < -0.39 is 0 Å². The molecule has 0 radical (unpaired) electrons. The number of carbonyl (C=O) groups excluding carboxylic acids is 1. The Hall–Kier alpha value is -0.940. The van der Waals surface area contributed by atoms with Crippen molar-refractivity contribution in [1.29, 1.82) is 0 Å². The number of carbonyl (C=O) groups is 1. The Bertz CT molecular complexity index is 306. The Morgan fingerprint density at radius 3 is 3.21 bits per heavy atom. The molecule has 76 valence electrons. The van der Waals surface area contributed by atoms with Gasteiger partial charge in [0.2, 0.25) is 0 Å². The quantitative estimate of drug-likeness (QED) is 0.778. The fourth-order valence-corrected chi connectivity index (χ4v) is 2.23. The predicted molar refractivity (Wildman–Crippen MR) is 55.5 cm³/mol. The van der Waals surface area contributed by atoms with E-state index in [0.717, 1.165) is 24.4 Å². The molecule has 1 aliphatic heterocycles. The Labute approximate surface area is 86.9 Å². The lowest BCUT2D eigenvalue weighted by Gasteiger charge is -2.22. The van der Waals surface area contributed by atoms with E-state index >= 15 is 0 Å². The highest BCUT2D eigenvalue weighted by atomic mass is 32.1. The lowest BCUT2D eigenvalue weighted by atomic mass is 10.2. The van der Waals surface area contributed by atoms with E-state index in [2.05, 4.69) is 10.3 Å². The highest BCUT2D eigenvalue weighted by Gasteiger charge is 2.24. The van der Waals surface area contributed by atoms with Gasteiger partial charge in [0.05, 0.1) is 11.7 Å². The summed E-state index contributed by atoms with van der Waals surface area (Å²) in [6.07, 6.45) is 2.67. The fraction of sp³-hybridized carbons (Fsp3) is 0.556. The zero-order chi connectivity index (χ0) is 9.97. The van der Waals surface area contributed by atoms with Gasteiger partial charge in [-0.3, -0.25) is 9.78 Å². The van der Waals surface area contributed by atoms with Crippen LogP contribution in [0.3, 0.4) is 0 Å². The second-order valence-corrected chi connectivity index (χ2v) is 4.31. The summed E-state index contributed by atoms with van der Waals surface area (Å²) < 4.78 is 0. The molecule has 1 aliphatic rings. The molecular formula is C9H13N3OS. The van der Waals surface area contributed by atoms with Crippen LogP contribution in [0.4, 0.5) is 0 Å². The number of nitrogens with zero attached hydrogens (tertiary/aromatic N) is 2. The van der Waals surface area contributed by atoms with Gasteiger partial charge in [-0.1, -0.05) is 0 Å². The van der Waals surface area contributed by atoms with Gasteiger partial charge in [0.25, 0.3) is 5.91 Å². The summed E-state index contributed by atoms with van der Waals surface area (Å²) in [5, 5.41) is 3.25. The van der Waals surface area contributed by atoms with Crippen LogP contribution in [-0.2, 0) is 0 Å². The van der Waals surface area contributed by atoms with Crippen molar-refractivity contribution in [3.8, 4) is 0 Å². The molecule has 2 rings (SSSR count). The number of likely N-dealkylation sites (N-methyl/N-ethyl adjacent to an activating group) is 1. The fourth-order valence-electron chi connectivity index (χ4n) is 1.63. The molecule has 1 fully saturated rings. The van der Waals surface area contributed by atoms with Crippen molar-refractivity contribution >= 4 is 17.2 Å². The Balaban J connectivity index is 2.04. The van der Waals surface area contributed by atoms with Crippen molar-refractivity contribution in [2.75, 3.05) is 20.1 Å². The molecule has 0 aromatic carbocycles. The van der Waals surface area contributed by atoms with Crippen molar-refractivity contribution < 1.29 is 4.79 Å². The van der Waals surface area contributed by atoms with Crippen LogP contribution in [0.25, 0.3) is 0 Å². The molecule has 1 amide bonds. The van der Waals surface area contributed by atoms with Gasteiger partial charge in [-0.15, -0.1) is 11.3 Å². The number of thiazole rings is 1. The monoisotopic (exact) mass is 211 g/mol. The van der Waals surface area contributed by atoms with Crippen molar-refractivity contribution in [3.63, 3.8) is 0 Å². The van der Waals surface area contributed by atoms with Crippen LogP contribution >= 0.6 is 11.3 Å². The van der Waals surface area contributed by atoms with E-state index in [1.54, 1.807) is 11.7 Å². The van der Waals surface area contributed by atoms with Crippen LogP contribution in [0.5, 0.6) is 0 Å². The molecule has 4 nitrogen and oxygen atoms in total. The first kappa shape index (κ1) is 9.61. The van der Waals surface area contributed by atoms with E-state index in [0.29, 0.717) is 6.04 Å². The number of nitrogens with one attached hydrogen (secondary N) is 1. The third-order valence-corrected chi connectivity index (χ3v) is 3.31. The Morgan fingerprint density at radius 2 is 2.64 bits per heavy atom. The first-order valence-electron chi connectivity index (χ1n) is 4.65. The van der Waals surface area contributed by atoms with E-state index in [4.69, 9.17) is 0 Å². The summed E-state index contributed by atoms with van der Waals surface area (Å²) in [4.78, 5) is 18.3. The topological polar surface area (TPSA) is 45.2 Å². The predicted octanol–water partition coefficient (Wildman–Crippen LogP) is 0.577. The minimum atomic E-state index is 0.0844. The van der Waals surface area contributed by atoms with Crippen molar-refractivity contribution in [1.82, 2.24) is 15.2 Å². The SMILES string of the molecule is CN(C(=O)c1cncs1)C1CCNC1. The van der Waals surface area contributed by atoms with Crippen molar-refractivity contribution in [2.24, 2.45) is 0 Å². The van der Waals surface area contributed by atoms with Crippen LogP contribution in [0.15, 0.2) is 11.7 Å². The smallest absolute Gasteiger partial charge is 0.265 e. The minimum absolute atomic E-state index is 0.0844. The first-order valence-corrected chi connectivity index (χ1v) is 5.53. The summed E-state index contributed by atoms with van der Waals surface area (Å²) in [7, 11) is 1.86. The second kappa shape index (κ2) is 4.06. The largest absolute Gasteiger partial charge is 0.337 e. The number of aromatic nitrogens is 1. The highest BCUT2D eigenvalue weighted by Crippen LogP contribution is 2.13. The van der Waals surface area contributed by atoms with Gasteiger partial charge in [0, 0.05) is 19.6 Å². The Kier molecular flexibility index (Phi) is 2.79. The molecule has 5 heteroatoms. The molecule has 1 atom stereocenters. The summed E-state index contributed by atoms with van der Waals surface area (Å²) in [6, 6.07) is 0.338. The average molecular weight is 211 g/mol. The van der Waals surface area contributed by atoms with Gasteiger partial charge < -0.3 is 10.2 Å². The minimum Gasteiger partial charge on any atom is -0.337 e. The number of rotatable bonds is 2. The second-order valence-electron chi connectivity index (χ2n) is 3.43. The third kappa shape index (κ3) is 1.78. The first-order chi connectivity index (χ1) is 6.79. The average Bonchev–Trinajstić information content (AvgIpc) is 2.87. The van der Waals surface area contributed by atoms with Gasteiger partial charge in [-0.05, 0) is 13.0 Å². The van der Waals surface area contributed by atoms with Gasteiger partial charge in [-0.25, -0.2) is 0 Å². The standard InChI is InChI=1S/C9H13N3OS/c1-12(7-2-3-10-4-7)9(13)8-5-11-6-14-8/h5-7,10H,2-4H2,1H3. The maximum absolute atomic E-state index is 11.9. The maximum atomic E-state index is 11.9. The number of hydrogen-bond donors (Lipinski definition) is 1. The molecular weight excluding hydrogens is 198 g/mol. The van der Waals surface area contributed by atoms with Gasteiger partial charge in [0.1, 0.15) is 4.88 Å². The lowest BCUT2D eigenvalue weighted by molar-refractivity contribution is 0.0748. The summed E-state index contributed by atoms with van der Waals surface area (Å²) in [5.41, 5.74) is 1.69. The van der Waals surface area contributed by atoms with Gasteiger partial charge >= 0.3 is 0 Å². The van der Waals surface area contributed by atoms with E-state index in [9.17, 15) is 4.79 Å². The van der Waals surface area contributed by atoms with E-state index in [1.165, 1.54) is 11.3 Å². The van der Waals surface area contributed by atoms with Crippen LogP contribution in [-0.4, -0.2) is 42.0 Å². The molecule has 1 aromatic heterocycles. The summed E-state index contributed by atoms with van der Waals surface area (Å²) >= 11 is 1.40. The van der Waals surface area contributed by atoms with E-state index in [-0.39, 0.29) is 5.91 Å². The van der Waals surface area contributed by atoms with Crippen molar-refractivity contribution in [2.45, 2.75) is 12.5 Å². The summed E-state index contributed by atoms with van der Waals surface area (Å²) in [5.74, 6) is 0.0844. The highest BCUT2D eigenvalue weighted by molar-refractivity contribution is 7.11. The van der Waals surface area contributed by atoms with E-state index in [1.807, 2.05) is 11.9 Å². The Morgan fingerprint density at radius 1 is 1.79 bits per heavy atom. The lowest BCUT2D eigenvalue weighted by Crippen LogP contribution is -2.37. The van der Waals surface area contributed by atoms with Gasteiger partial charge in [0.15, 0.2) is 0 Å². The molecule has 2 heterocycles. The van der Waals surface area contributed by atoms with Crippen molar-refractivity contribution in [3.05, 3.63) is 16.6 Å². The molecule has 0 saturated carbocycles. The molecule has 0 spiro atoms. The van der Waals surface area contributed by atoms with Crippen LogP contribution in [0.2, 0.25) is 0 Å². The normalized spacial score (nSPS) is 21.1. The molecule has 0 aliphatic carbocycles. The van der Waals surface area contributed by atoms with Crippen LogP contribution < -0.4 is 5.32 Å². The molecule has 1 unspecified atom stereocenters. The van der Waals surface area contributed by atoms with Crippen LogP contribution in [0, 0.1) is 0 Å². The third-order valence-electron chi connectivity index (χ3n) is 2.55. The maximum Gasteiger partial charge on any atom is 0.265 e. The molecule has 0 bridgehead atoms. The molecule has 14 heavy (non-hydrogen) atoms. The number of amides is 1. The number of hydrogen-bond acceptors (Lipinski definition) is 4. The zero-order valence-corrected chi connectivity index (χ0v) is 8.88. The zero-order valence-electron chi connectivity index (χ0n) is 8.06. The summed E-state index contributed by atoms with van der Waals surface area (Å²) in [6.45, 7) is 1.91.